The molecule has 5 heteroatoms. The van der Waals surface area contributed by atoms with Crippen molar-refractivity contribution in [3.8, 4) is 5.75 Å². The summed E-state index contributed by atoms with van der Waals surface area (Å²) in [6, 6.07) is 6.23. The van der Waals surface area contributed by atoms with Crippen LogP contribution in [-0.4, -0.2) is 21.8 Å². The predicted octanol–water partition coefficient (Wildman–Crippen LogP) is 2.54. The molecule has 0 atom stereocenters. The quantitative estimate of drug-likeness (QED) is 0.850. The van der Waals surface area contributed by atoms with E-state index >= 15 is 0 Å². The van der Waals surface area contributed by atoms with Gasteiger partial charge in [-0.25, -0.2) is 9.67 Å². The van der Waals surface area contributed by atoms with Crippen LogP contribution in [-0.2, 0) is 19.7 Å². The highest BCUT2D eigenvalue weighted by molar-refractivity contribution is 5.36. The number of benzene rings is 1. The number of hydrogen-bond acceptors (Lipinski definition) is 4. The fraction of sp³-hybridized carbons (Fsp3) is 0.500. The van der Waals surface area contributed by atoms with Crippen LogP contribution in [0.4, 0.5) is 0 Å². The molecule has 21 heavy (non-hydrogen) atoms. The average Bonchev–Trinajstić information content (AvgIpc) is 2.85. The minimum absolute atomic E-state index is 0.437. The maximum Gasteiger partial charge on any atom is 0.164 e. The molecule has 0 aliphatic heterocycles. The van der Waals surface area contributed by atoms with Crippen LogP contribution in [0.1, 0.15) is 30.8 Å². The fourth-order valence-corrected chi connectivity index (χ4v) is 2.22. The molecule has 0 aliphatic rings. The van der Waals surface area contributed by atoms with E-state index in [-0.39, 0.29) is 0 Å². The van der Waals surface area contributed by atoms with Crippen LogP contribution < -0.4 is 10.1 Å². The normalized spacial score (nSPS) is 11.1. The Balaban J connectivity index is 2.08. The number of aryl methyl sites for hydroxylation is 1. The van der Waals surface area contributed by atoms with Crippen molar-refractivity contribution in [2.24, 2.45) is 5.92 Å². The zero-order valence-corrected chi connectivity index (χ0v) is 13.3. The van der Waals surface area contributed by atoms with Gasteiger partial charge in [0.1, 0.15) is 18.7 Å². The van der Waals surface area contributed by atoms with Gasteiger partial charge in [0.05, 0.1) is 0 Å². The molecule has 0 bridgehead atoms. The maximum absolute atomic E-state index is 5.95. The van der Waals surface area contributed by atoms with Gasteiger partial charge in [-0.05, 0) is 26.0 Å². The first kappa shape index (κ1) is 15.5. The second-order valence-electron chi connectivity index (χ2n) is 5.68. The highest BCUT2D eigenvalue weighted by Crippen LogP contribution is 2.21. The molecule has 2 rings (SSSR count). The van der Waals surface area contributed by atoms with Gasteiger partial charge in [0.2, 0.25) is 0 Å². The van der Waals surface area contributed by atoms with E-state index in [4.69, 9.17) is 4.74 Å². The van der Waals surface area contributed by atoms with Gasteiger partial charge in [-0.2, -0.15) is 5.10 Å². The highest BCUT2D eigenvalue weighted by Gasteiger charge is 2.09. The van der Waals surface area contributed by atoms with Gasteiger partial charge < -0.3 is 10.1 Å². The zero-order chi connectivity index (χ0) is 15.2. The van der Waals surface area contributed by atoms with E-state index in [9.17, 15) is 0 Å². The van der Waals surface area contributed by atoms with Crippen LogP contribution in [0.2, 0.25) is 0 Å². The molecule has 1 heterocycles. The van der Waals surface area contributed by atoms with Crippen molar-refractivity contribution in [1.29, 1.82) is 0 Å². The second kappa shape index (κ2) is 7.22. The Morgan fingerprint density at radius 1 is 1.33 bits per heavy atom. The van der Waals surface area contributed by atoms with Gasteiger partial charge in [0.15, 0.2) is 5.82 Å². The lowest BCUT2D eigenvalue weighted by molar-refractivity contribution is 0.279. The highest BCUT2D eigenvalue weighted by atomic mass is 16.5. The minimum atomic E-state index is 0.437. The van der Waals surface area contributed by atoms with Crippen LogP contribution in [0, 0.1) is 12.8 Å². The van der Waals surface area contributed by atoms with Crippen molar-refractivity contribution in [2.75, 3.05) is 7.05 Å². The molecule has 0 saturated carbocycles. The summed E-state index contributed by atoms with van der Waals surface area (Å²) in [7, 11) is 1.94. The number of nitrogens with zero attached hydrogens (tertiary/aromatic N) is 3. The summed E-state index contributed by atoms with van der Waals surface area (Å²) in [4.78, 5) is 4.29. The van der Waals surface area contributed by atoms with Gasteiger partial charge >= 0.3 is 0 Å². The van der Waals surface area contributed by atoms with Crippen LogP contribution in [0.5, 0.6) is 5.75 Å². The third-order valence-corrected chi connectivity index (χ3v) is 3.17. The third-order valence-electron chi connectivity index (χ3n) is 3.17. The molecule has 114 valence electrons. The molecular formula is C16H24N4O. The van der Waals surface area contributed by atoms with Crippen molar-refractivity contribution in [2.45, 2.75) is 40.5 Å². The molecule has 0 fully saturated rings. The molecule has 1 aromatic carbocycles. The second-order valence-corrected chi connectivity index (χ2v) is 5.68. The average molecular weight is 288 g/mol. The lowest BCUT2D eigenvalue weighted by Crippen LogP contribution is -2.13. The van der Waals surface area contributed by atoms with Crippen LogP contribution in [0.25, 0.3) is 0 Å². The first-order valence-electron chi connectivity index (χ1n) is 7.33. The van der Waals surface area contributed by atoms with Gasteiger partial charge in [0, 0.05) is 18.7 Å². The van der Waals surface area contributed by atoms with Gasteiger partial charge in [-0.1, -0.05) is 31.5 Å². The molecule has 2 aromatic rings. The van der Waals surface area contributed by atoms with E-state index in [0.717, 1.165) is 30.2 Å². The monoisotopic (exact) mass is 288 g/mol. The summed E-state index contributed by atoms with van der Waals surface area (Å²) in [5.74, 6) is 2.29. The van der Waals surface area contributed by atoms with Gasteiger partial charge in [-0.3, -0.25) is 0 Å². The van der Waals surface area contributed by atoms with Gasteiger partial charge in [0.25, 0.3) is 0 Å². The fourth-order valence-electron chi connectivity index (χ4n) is 2.22. The molecule has 5 nitrogen and oxygen atoms in total. The number of aromatic nitrogens is 3. The Kier molecular flexibility index (Phi) is 5.33. The maximum atomic E-state index is 5.95. The first-order chi connectivity index (χ1) is 10.1. The molecule has 1 aromatic heterocycles. The number of nitrogens with one attached hydrogen (secondary N) is 1. The van der Waals surface area contributed by atoms with Crippen LogP contribution in [0.3, 0.4) is 0 Å². The molecule has 0 spiro atoms. The summed E-state index contributed by atoms with van der Waals surface area (Å²) < 4.78 is 7.86. The summed E-state index contributed by atoms with van der Waals surface area (Å²) >= 11 is 0. The van der Waals surface area contributed by atoms with Crippen LogP contribution >= 0.6 is 0 Å². The third kappa shape index (κ3) is 4.29. The lowest BCUT2D eigenvalue weighted by atomic mass is 10.1. The minimum Gasteiger partial charge on any atom is -0.485 e. The van der Waals surface area contributed by atoms with E-state index in [0.29, 0.717) is 12.5 Å². The number of rotatable bonds is 7. The molecular weight excluding hydrogens is 264 g/mol. The van der Waals surface area contributed by atoms with Crippen molar-refractivity contribution >= 4 is 0 Å². The molecule has 0 radical (unpaired) electrons. The topological polar surface area (TPSA) is 52.0 Å². The largest absolute Gasteiger partial charge is 0.485 e. The number of ether oxygens (including phenoxy) is 1. The summed E-state index contributed by atoms with van der Waals surface area (Å²) in [6.07, 6.45) is 1.59. The summed E-state index contributed by atoms with van der Waals surface area (Å²) in [6.45, 7) is 8.50. The van der Waals surface area contributed by atoms with Crippen molar-refractivity contribution in [1.82, 2.24) is 20.1 Å². The predicted molar refractivity (Wildman–Crippen MR) is 83.1 cm³/mol. The van der Waals surface area contributed by atoms with E-state index < -0.39 is 0 Å². The Bertz CT molecular complexity index is 577. The van der Waals surface area contributed by atoms with Gasteiger partial charge in [-0.15, -0.1) is 0 Å². The van der Waals surface area contributed by atoms with Crippen LogP contribution in [0.15, 0.2) is 24.5 Å². The molecule has 1 N–H and O–H groups in total. The Morgan fingerprint density at radius 3 is 2.86 bits per heavy atom. The van der Waals surface area contributed by atoms with E-state index in [1.807, 2.05) is 17.8 Å². The first-order valence-corrected chi connectivity index (χ1v) is 7.33. The van der Waals surface area contributed by atoms with E-state index in [2.05, 4.69) is 48.3 Å². The number of hydrogen-bond donors (Lipinski definition) is 1. The van der Waals surface area contributed by atoms with Crippen molar-refractivity contribution in [3.05, 3.63) is 41.5 Å². The molecule has 0 saturated heterocycles. The molecule has 0 unspecified atom stereocenters. The smallest absolute Gasteiger partial charge is 0.164 e. The van der Waals surface area contributed by atoms with E-state index in [1.165, 1.54) is 5.56 Å². The SMILES string of the molecule is CNCc1cc(C)ccc1OCc1ncnn1CC(C)C. The summed E-state index contributed by atoms with van der Waals surface area (Å²) in [5.41, 5.74) is 2.39. The Hall–Kier alpha value is -1.88. The molecule has 0 aliphatic carbocycles. The van der Waals surface area contributed by atoms with E-state index in [1.54, 1.807) is 6.33 Å². The summed E-state index contributed by atoms with van der Waals surface area (Å²) in [5, 5.41) is 7.42. The Morgan fingerprint density at radius 2 is 2.14 bits per heavy atom. The standard InChI is InChI=1S/C16H24N4O/c1-12(2)9-20-16(18-11-19-20)10-21-15-6-5-13(3)7-14(15)8-17-4/h5-7,11-12,17H,8-10H2,1-4H3. The lowest BCUT2D eigenvalue weighted by Gasteiger charge is -2.13. The Labute approximate surface area is 126 Å². The molecule has 0 amide bonds. The van der Waals surface area contributed by atoms with Crippen molar-refractivity contribution in [3.63, 3.8) is 0 Å². The zero-order valence-electron chi connectivity index (χ0n) is 13.3. The van der Waals surface area contributed by atoms with Crippen molar-refractivity contribution < 1.29 is 4.74 Å².